The molecule has 2 rings (SSSR count). The fraction of sp³-hybridized carbons (Fsp3) is 0.625. The third-order valence-electron chi connectivity index (χ3n) is 5.11. The molecular formula is C16H24. The first-order chi connectivity index (χ1) is 7.35. The molecule has 0 radical (unpaired) electrons. The maximum atomic E-state index is 2.41. The summed E-state index contributed by atoms with van der Waals surface area (Å²) >= 11 is 0. The Morgan fingerprint density at radius 2 is 1.69 bits per heavy atom. The molecule has 0 nitrogen and oxygen atoms in total. The molecule has 0 N–H and O–H groups in total. The summed E-state index contributed by atoms with van der Waals surface area (Å²) in [5.74, 6) is 2.21. The van der Waals surface area contributed by atoms with Crippen LogP contribution in [0.2, 0.25) is 0 Å². The van der Waals surface area contributed by atoms with Crippen LogP contribution in [0.15, 0.2) is 18.2 Å². The second-order valence-electron chi connectivity index (χ2n) is 6.25. The summed E-state index contributed by atoms with van der Waals surface area (Å²) in [6.07, 6.45) is 0. The van der Waals surface area contributed by atoms with E-state index in [1.807, 2.05) is 0 Å². The largest absolute Gasteiger partial charge is 0.0616 e. The third-order valence-corrected chi connectivity index (χ3v) is 5.11. The molecule has 0 aromatic heterocycles. The van der Waals surface area contributed by atoms with Gasteiger partial charge in [0.2, 0.25) is 0 Å². The van der Waals surface area contributed by atoms with Crippen molar-refractivity contribution in [1.82, 2.24) is 0 Å². The highest BCUT2D eigenvalue weighted by Crippen LogP contribution is 2.49. The number of fused-ring (bicyclic) bond motifs is 1. The Morgan fingerprint density at radius 1 is 1.06 bits per heavy atom. The highest BCUT2D eigenvalue weighted by atomic mass is 14.4. The van der Waals surface area contributed by atoms with Crippen molar-refractivity contribution >= 4 is 0 Å². The van der Waals surface area contributed by atoms with E-state index in [0.717, 1.165) is 11.8 Å². The second kappa shape index (κ2) is 3.61. The second-order valence-corrected chi connectivity index (χ2v) is 6.25. The van der Waals surface area contributed by atoms with Crippen LogP contribution in [-0.4, -0.2) is 0 Å². The highest BCUT2D eigenvalue weighted by molar-refractivity contribution is 5.42. The Labute approximate surface area is 100 Å². The van der Waals surface area contributed by atoms with E-state index in [4.69, 9.17) is 0 Å². The highest BCUT2D eigenvalue weighted by Gasteiger charge is 2.40. The van der Waals surface area contributed by atoms with Crippen LogP contribution in [0.4, 0.5) is 0 Å². The zero-order chi connectivity index (χ0) is 12.1. The molecule has 88 valence electrons. The topological polar surface area (TPSA) is 0 Å². The molecule has 3 unspecified atom stereocenters. The van der Waals surface area contributed by atoms with E-state index in [9.17, 15) is 0 Å². The first-order valence-corrected chi connectivity index (χ1v) is 6.46. The van der Waals surface area contributed by atoms with Gasteiger partial charge in [0.05, 0.1) is 0 Å². The maximum absolute atomic E-state index is 2.41. The van der Waals surface area contributed by atoms with E-state index in [2.05, 4.69) is 59.7 Å². The molecule has 1 aromatic carbocycles. The summed E-state index contributed by atoms with van der Waals surface area (Å²) in [7, 11) is 0. The normalized spacial score (nSPS) is 32.2. The maximum Gasteiger partial charge on any atom is -0.00723 e. The zero-order valence-electron chi connectivity index (χ0n) is 11.5. The molecule has 0 spiro atoms. The summed E-state index contributed by atoms with van der Waals surface area (Å²) in [4.78, 5) is 0. The first kappa shape index (κ1) is 11.7. The molecule has 1 aliphatic rings. The minimum Gasteiger partial charge on any atom is -0.0616 e. The van der Waals surface area contributed by atoms with Crippen molar-refractivity contribution in [2.24, 2.45) is 11.8 Å². The van der Waals surface area contributed by atoms with Gasteiger partial charge in [-0.25, -0.2) is 0 Å². The van der Waals surface area contributed by atoms with Crippen LogP contribution in [-0.2, 0) is 5.41 Å². The molecule has 1 aromatic rings. The average Bonchev–Trinajstić information content (AvgIpc) is 2.24. The molecule has 0 amide bonds. The van der Waals surface area contributed by atoms with Gasteiger partial charge in [-0.2, -0.15) is 0 Å². The molecule has 0 saturated carbocycles. The van der Waals surface area contributed by atoms with E-state index in [0.29, 0.717) is 11.3 Å². The summed E-state index contributed by atoms with van der Waals surface area (Å²) < 4.78 is 0. The van der Waals surface area contributed by atoms with Gasteiger partial charge in [0.1, 0.15) is 0 Å². The molecule has 16 heavy (non-hydrogen) atoms. The van der Waals surface area contributed by atoms with Gasteiger partial charge < -0.3 is 0 Å². The minimum absolute atomic E-state index is 0.313. The van der Waals surface area contributed by atoms with Gasteiger partial charge in [-0.05, 0) is 41.2 Å². The van der Waals surface area contributed by atoms with E-state index < -0.39 is 0 Å². The average molecular weight is 216 g/mol. The van der Waals surface area contributed by atoms with Crippen LogP contribution in [0.5, 0.6) is 0 Å². The molecule has 3 atom stereocenters. The standard InChI is InChI=1S/C16H24/c1-10-7-8-14-12(3)11(2)13(4)16(5,6)15(14)9-10/h7-9,11-13H,1-6H3. The van der Waals surface area contributed by atoms with Gasteiger partial charge in [0.15, 0.2) is 0 Å². The molecule has 1 aliphatic carbocycles. The number of benzene rings is 1. The van der Waals surface area contributed by atoms with E-state index >= 15 is 0 Å². The van der Waals surface area contributed by atoms with Crippen LogP contribution in [0, 0.1) is 18.8 Å². The smallest absolute Gasteiger partial charge is 0.00723 e. The van der Waals surface area contributed by atoms with Gasteiger partial charge in [-0.15, -0.1) is 0 Å². The van der Waals surface area contributed by atoms with Gasteiger partial charge >= 0.3 is 0 Å². The van der Waals surface area contributed by atoms with Crippen LogP contribution >= 0.6 is 0 Å². The quantitative estimate of drug-likeness (QED) is 0.591. The SMILES string of the molecule is Cc1ccc2c(c1)C(C)(C)C(C)C(C)C2C. The summed E-state index contributed by atoms with van der Waals surface area (Å²) in [6, 6.07) is 7.00. The molecule has 0 saturated heterocycles. The zero-order valence-corrected chi connectivity index (χ0v) is 11.5. The lowest BCUT2D eigenvalue weighted by molar-refractivity contribution is 0.198. The van der Waals surface area contributed by atoms with E-state index in [1.54, 1.807) is 11.1 Å². The number of rotatable bonds is 0. The third kappa shape index (κ3) is 1.50. The molecule has 0 bridgehead atoms. The Balaban J connectivity index is 2.64. The summed E-state index contributed by atoms with van der Waals surface area (Å²) in [5.41, 5.74) is 4.85. The van der Waals surface area contributed by atoms with Crippen LogP contribution in [0.1, 0.15) is 57.2 Å². The molecule has 0 heterocycles. The monoisotopic (exact) mass is 216 g/mol. The van der Waals surface area contributed by atoms with Crippen molar-refractivity contribution in [3.05, 3.63) is 34.9 Å². The van der Waals surface area contributed by atoms with Crippen LogP contribution in [0.3, 0.4) is 0 Å². The predicted octanol–water partition coefficient (Wildman–Crippen LogP) is 4.66. The Hall–Kier alpha value is -0.780. The lowest BCUT2D eigenvalue weighted by Gasteiger charge is -2.46. The Kier molecular flexibility index (Phi) is 2.64. The molecule has 0 aliphatic heterocycles. The minimum atomic E-state index is 0.313. The van der Waals surface area contributed by atoms with Crippen molar-refractivity contribution in [1.29, 1.82) is 0 Å². The molecule has 0 fully saturated rings. The fourth-order valence-electron chi connectivity index (χ4n) is 3.24. The summed E-state index contributed by atoms with van der Waals surface area (Å²) in [5, 5.41) is 0. The van der Waals surface area contributed by atoms with E-state index in [-0.39, 0.29) is 0 Å². The number of aryl methyl sites for hydroxylation is 1. The molecule has 0 heteroatoms. The lowest BCUT2D eigenvalue weighted by atomic mass is 9.58. The predicted molar refractivity (Wildman–Crippen MR) is 70.9 cm³/mol. The summed E-state index contributed by atoms with van der Waals surface area (Å²) in [6.45, 7) is 14.2. The van der Waals surface area contributed by atoms with Gasteiger partial charge in [0, 0.05) is 0 Å². The van der Waals surface area contributed by atoms with Gasteiger partial charge in [-0.1, -0.05) is 58.4 Å². The Morgan fingerprint density at radius 3 is 2.31 bits per heavy atom. The Bertz CT molecular complexity index is 400. The fourth-order valence-corrected chi connectivity index (χ4v) is 3.24. The van der Waals surface area contributed by atoms with Crippen molar-refractivity contribution in [3.8, 4) is 0 Å². The van der Waals surface area contributed by atoms with Gasteiger partial charge in [0.25, 0.3) is 0 Å². The van der Waals surface area contributed by atoms with Crippen molar-refractivity contribution in [3.63, 3.8) is 0 Å². The first-order valence-electron chi connectivity index (χ1n) is 6.46. The van der Waals surface area contributed by atoms with Crippen LogP contribution < -0.4 is 0 Å². The van der Waals surface area contributed by atoms with Crippen LogP contribution in [0.25, 0.3) is 0 Å². The van der Waals surface area contributed by atoms with Crippen molar-refractivity contribution in [2.45, 2.75) is 52.9 Å². The van der Waals surface area contributed by atoms with E-state index in [1.165, 1.54) is 5.56 Å². The molecular weight excluding hydrogens is 192 g/mol. The van der Waals surface area contributed by atoms with Crippen molar-refractivity contribution in [2.75, 3.05) is 0 Å². The van der Waals surface area contributed by atoms with Gasteiger partial charge in [-0.3, -0.25) is 0 Å². The number of hydrogen-bond donors (Lipinski definition) is 0. The number of hydrogen-bond acceptors (Lipinski definition) is 0. The van der Waals surface area contributed by atoms with Crippen molar-refractivity contribution < 1.29 is 0 Å². The lowest BCUT2D eigenvalue weighted by Crippen LogP contribution is -2.39.